The van der Waals surface area contributed by atoms with Crippen LogP contribution in [0, 0.1) is 0 Å². The van der Waals surface area contributed by atoms with Crippen molar-refractivity contribution in [2.45, 2.75) is 19.3 Å². The Morgan fingerprint density at radius 3 is 2.71 bits per heavy atom. The Morgan fingerprint density at radius 1 is 1.14 bits per heavy atom. The highest BCUT2D eigenvalue weighted by atomic mass is 32.2. The predicted octanol–water partition coefficient (Wildman–Crippen LogP) is 0.822. The summed E-state index contributed by atoms with van der Waals surface area (Å²) in [5, 5.41) is 3.27. The van der Waals surface area contributed by atoms with Gasteiger partial charge in [-0.05, 0) is 42.5 Å². The van der Waals surface area contributed by atoms with Crippen molar-refractivity contribution in [3.8, 4) is 0 Å². The van der Waals surface area contributed by atoms with Crippen LogP contribution in [0.4, 0.5) is 5.69 Å². The summed E-state index contributed by atoms with van der Waals surface area (Å²) >= 11 is 0. The summed E-state index contributed by atoms with van der Waals surface area (Å²) in [7, 11) is -3.26. The Balaban J connectivity index is 1.57. The minimum Gasteiger partial charge on any atom is -0.314 e. The van der Waals surface area contributed by atoms with Crippen LogP contribution in [0.25, 0.3) is 0 Å². The van der Waals surface area contributed by atoms with Crippen molar-refractivity contribution < 1.29 is 8.42 Å². The van der Waals surface area contributed by atoms with Crippen LogP contribution < -0.4 is 10.0 Å². The summed E-state index contributed by atoms with van der Waals surface area (Å²) in [5.74, 6) is 0.157. The Hall–Kier alpha value is -1.11. The fraction of sp³-hybridized carbons (Fsp3) is 0.600. The summed E-state index contributed by atoms with van der Waals surface area (Å²) in [4.78, 5) is 2.19. The third kappa shape index (κ3) is 3.96. The van der Waals surface area contributed by atoms with Crippen molar-refractivity contribution in [3.63, 3.8) is 0 Å². The first kappa shape index (κ1) is 14.8. The maximum absolute atomic E-state index is 12.2. The zero-order chi connectivity index (χ0) is 14.7. The molecule has 0 spiro atoms. The van der Waals surface area contributed by atoms with E-state index in [0.29, 0.717) is 12.2 Å². The zero-order valence-electron chi connectivity index (χ0n) is 12.3. The lowest BCUT2D eigenvalue weighted by Crippen LogP contribution is -2.45. The summed E-state index contributed by atoms with van der Waals surface area (Å²) in [5.41, 5.74) is 3.35. The highest BCUT2D eigenvalue weighted by Gasteiger charge is 2.17. The van der Waals surface area contributed by atoms with Gasteiger partial charge >= 0.3 is 0 Å². The van der Waals surface area contributed by atoms with E-state index in [4.69, 9.17) is 0 Å². The fourth-order valence-electron chi connectivity index (χ4n) is 3.05. The molecule has 0 aromatic heterocycles. The maximum Gasteiger partial charge on any atom is 0.233 e. The molecule has 1 aromatic carbocycles. The zero-order valence-corrected chi connectivity index (χ0v) is 13.1. The molecule has 5 nitrogen and oxygen atoms in total. The first-order valence-corrected chi connectivity index (χ1v) is 9.33. The van der Waals surface area contributed by atoms with Crippen molar-refractivity contribution in [1.29, 1.82) is 0 Å². The predicted molar refractivity (Wildman–Crippen MR) is 85.2 cm³/mol. The first-order chi connectivity index (χ1) is 10.1. The lowest BCUT2D eigenvalue weighted by molar-refractivity contribution is 0.254. The number of anilines is 1. The number of nitrogens with one attached hydrogen (secondary N) is 2. The van der Waals surface area contributed by atoms with Gasteiger partial charge in [0.1, 0.15) is 0 Å². The number of nitrogens with zero attached hydrogens (tertiary/aromatic N) is 1. The van der Waals surface area contributed by atoms with E-state index in [1.54, 1.807) is 0 Å². The van der Waals surface area contributed by atoms with Crippen LogP contribution in [0.1, 0.15) is 17.5 Å². The molecule has 0 saturated carbocycles. The molecule has 0 radical (unpaired) electrons. The van der Waals surface area contributed by atoms with Gasteiger partial charge in [-0.15, -0.1) is 0 Å². The van der Waals surface area contributed by atoms with Gasteiger partial charge in [0, 0.05) is 38.4 Å². The summed E-state index contributed by atoms with van der Waals surface area (Å²) in [6.07, 6.45) is 3.35. The number of fused-ring (bicyclic) bond motifs is 1. The Kier molecular flexibility index (Phi) is 4.47. The number of hydrogen-bond donors (Lipinski definition) is 2. The average molecular weight is 309 g/mol. The van der Waals surface area contributed by atoms with Gasteiger partial charge in [0.15, 0.2) is 0 Å². The third-order valence-corrected chi connectivity index (χ3v) is 5.52. The van der Waals surface area contributed by atoms with Gasteiger partial charge in [-0.3, -0.25) is 9.62 Å². The van der Waals surface area contributed by atoms with Gasteiger partial charge in [-0.2, -0.15) is 0 Å². The number of piperazine rings is 1. The second-order valence-electron chi connectivity index (χ2n) is 5.85. The van der Waals surface area contributed by atoms with E-state index in [9.17, 15) is 8.42 Å². The fourth-order valence-corrected chi connectivity index (χ4v) is 4.14. The Bertz CT molecular complexity index is 595. The minimum atomic E-state index is -3.26. The number of hydrogen-bond acceptors (Lipinski definition) is 4. The van der Waals surface area contributed by atoms with Gasteiger partial charge in [0.25, 0.3) is 0 Å². The number of rotatable bonds is 5. The Morgan fingerprint density at radius 2 is 1.90 bits per heavy atom. The summed E-state index contributed by atoms with van der Waals surface area (Å²) in [6.45, 7) is 4.33. The normalized spacial score (nSPS) is 19.4. The molecule has 1 aromatic rings. The second-order valence-corrected chi connectivity index (χ2v) is 7.69. The van der Waals surface area contributed by atoms with E-state index >= 15 is 0 Å². The van der Waals surface area contributed by atoms with Gasteiger partial charge in [-0.1, -0.05) is 6.07 Å². The first-order valence-electron chi connectivity index (χ1n) is 7.68. The van der Waals surface area contributed by atoms with Crippen LogP contribution >= 0.6 is 0 Å². The molecule has 1 aliphatic heterocycles. The van der Waals surface area contributed by atoms with E-state index in [-0.39, 0.29) is 5.75 Å². The molecule has 6 heteroatoms. The molecule has 3 rings (SSSR count). The second kappa shape index (κ2) is 6.34. The lowest BCUT2D eigenvalue weighted by Gasteiger charge is -2.26. The molecule has 116 valence electrons. The van der Waals surface area contributed by atoms with E-state index in [1.165, 1.54) is 17.5 Å². The molecule has 1 heterocycles. The molecule has 1 saturated heterocycles. The summed E-state index contributed by atoms with van der Waals surface area (Å²) < 4.78 is 27.1. The SMILES string of the molecule is O=S(=O)(CCN1CCNCC1)Nc1ccc2c(c1)CCC2. The van der Waals surface area contributed by atoms with Gasteiger partial charge in [0.05, 0.1) is 5.75 Å². The van der Waals surface area contributed by atoms with Gasteiger partial charge in [-0.25, -0.2) is 8.42 Å². The quantitative estimate of drug-likeness (QED) is 0.845. The highest BCUT2D eigenvalue weighted by molar-refractivity contribution is 7.92. The van der Waals surface area contributed by atoms with Crippen LogP contribution in [0.2, 0.25) is 0 Å². The van der Waals surface area contributed by atoms with Gasteiger partial charge in [0.2, 0.25) is 10.0 Å². The van der Waals surface area contributed by atoms with Crippen LogP contribution in [-0.2, 0) is 22.9 Å². The molecular weight excluding hydrogens is 286 g/mol. The molecule has 1 aliphatic carbocycles. The lowest BCUT2D eigenvalue weighted by atomic mass is 10.1. The van der Waals surface area contributed by atoms with Gasteiger partial charge < -0.3 is 5.32 Å². The van der Waals surface area contributed by atoms with Crippen LogP contribution in [0.3, 0.4) is 0 Å². The standard InChI is InChI=1S/C15H23N3O2S/c19-21(20,11-10-18-8-6-16-7-9-18)17-15-5-4-13-2-1-3-14(13)12-15/h4-5,12,16-17H,1-3,6-11H2. The molecular formula is C15H23N3O2S. The Labute approximate surface area is 126 Å². The largest absolute Gasteiger partial charge is 0.314 e. The van der Waals surface area contributed by atoms with E-state index in [2.05, 4.69) is 21.0 Å². The van der Waals surface area contributed by atoms with Crippen LogP contribution in [0.5, 0.6) is 0 Å². The molecule has 1 fully saturated rings. The van der Waals surface area contributed by atoms with Crippen molar-refractivity contribution in [1.82, 2.24) is 10.2 Å². The van der Waals surface area contributed by atoms with E-state index in [0.717, 1.165) is 39.0 Å². The van der Waals surface area contributed by atoms with Crippen molar-refractivity contribution in [3.05, 3.63) is 29.3 Å². The van der Waals surface area contributed by atoms with Crippen molar-refractivity contribution in [2.75, 3.05) is 43.2 Å². The molecule has 2 aliphatic rings. The molecule has 0 unspecified atom stereocenters. The average Bonchev–Trinajstić information content (AvgIpc) is 2.93. The number of benzene rings is 1. The number of sulfonamides is 1. The topological polar surface area (TPSA) is 61.4 Å². The molecule has 2 N–H and O–H groups in total. The summed E-state index contributed by atoms with van der Waals surface area (Å²) in [6, 6.07) is 5.92. The highest BCUT2D eigenvalue weighted by Crippen LogP contribution is 2.25. The van der Waals surface area contributed by atoms with E-state index in [1.807, 2.05) is 12.1 Å². The maximum atomic E-state index is 12.2. The molecule has 0 atom stereocenters. The van der Waals surface area contributed by atoms with Crippen molar-refractivity contribution >= 4 is 15.7 Å². The van der Waals surface area contributed by atoms with Crippen LogP contribution in [-0.4, -0.2) is 51.8 Å². The molecule has 0 bridgehead atoms. The molecule has 21 heavy (non-hydrogen) atoms. The smallest absolute Gasteiger partial charge is 0.233 e. The minimum absolute atomic E-state index is 0.157. The third-order valence-electron chi connectivity index (χ3n) is 4.26. The van der Waals surface area contributed by atoms with E-state index < -0.39 is 10.0 Å². The monoisotopic (exact) mass is 309 g/mol. The number of aryl methyl sites for hydroxylation is 2. The van der Waals surface area contributed by atoms with Crippen molar-refractivity contribution in [2.24, 2.45) is 0 Å². The molecule has 0 amide bonds. The van der Waals surface area contributed by atoms with Crippen LogP contribution in [0.15, 0.2) is 18.2 Å².